The van der Waals surface area contributed by atoms with Gasteiger partial charge < -0.3 is 27.9 Å². The molecule has 10 heteroatoms. The number of ether oxygens (including phenoxy) is 2. The van der Waals surface area contributed by atoms with E-state index in [-0.39, 0.29) is 26.1 Å². The van der Waals surface area contributed by atoms with Gasteiger partial charge >= 0.3 is 11.9 Å². The molecule has 0 saturated heterocycles. The van der Waals surface area contributed by atoms with E-state index in [4.69, 9.17) is 18.5 Å². The average Bonchev–Trinajstić information content (AvgIpc) is 1.98. The Bertz CT molecular complexity index is 2330. The molecule has 0 aromatic rings. The summed E-state index contributed by atoms with van der Waals surface area (Å²) in [6.07, 6.45) is 115. The molecule has 0 fully saturated rings. The summed E-state index contributed by atoms with van der Waals surface area (Å²) in [6.45, 7) is 4.00. The minimum atomic E-state index is -4.66. The van der Waals surface area contributed by atoms with Crippen LogP contribution in [0.4, 0.5) is 0 Å². The van der Waals surface area contributed by atoms with Crippen LogP contribution in [0.2, 0.25) is 0 Å². The Morgan fingerprint density at radius 3 is 0.833 bits per heavy atom. The smallest absolute Gasteiger partial charge is 0.306 e. The molecule has 0 N–H and O–H groups in total. The molecule has 0 aromatic heterocycles. The molecular weight excluding hydrogens is 1210 g/mol. The number of hydrogen-bond acceptors (Lipinski definition) is 8. The molecule has 2 atom stereocenters. The fourth-order valence-electron chi connectivity index (χ4n) is 9.87. The Morgan fingerprint density at radius 1 is 0.323 bits per heavy atom. The van der Waals surface area contributed by atoms with Crippen LogP contribution in [0.25, 0.3) is 0 Å². The van der Waals surface area contributed by atoms with E-state index in [9.17, 15) is 19.0 Å². The van der Waals surface area contributed by atoms with E-state index >= 15 is 0 Å². The van der Waals surface area contributed by atoms with Crippen molar-refractivity contribution in [2.45, 2.75) is 290 Å². The first-order chi connectivity index (χ1) is 47.0. The van der Waals surface area contributed by atoms with Crippen LogP contribution in [0.15, 0.2) is 194 Å². The number of phosphoric acid groups is 1. The molecule has 0 spiro atoms. The molecule has 0 heterocycles. The molecule has 0 bridgehead atoms. The molecule has 0 rings (SSSR count). The molecule has 9 nitrogen and oxygen atoms in total. The van der Waals surface area contributed by atoms with Crippen molar-refractivity contribution in [3.8, 4) is 0 Å². The molecule has 0 saturated carbocycles. The normalized spacial score (nSPS) is 14.2. The standard InChI is InChI=1S/C86H140NO8P/c1-6-8-10-12-14-16-18-20-22-24-26-28-30-32-34-36-38-40-41-42-43-44-45-47-49-51-53-55-57-59-61-63-65-67-69-71-73-75-77-79-86(89)95-84(83-94-96(90,91)93-81-80-87(3,4)5)82-92-85(88)78-76-74-72-70-68-66-64-62-60-58-56-54-52-50-48-46-39-37-35-33-31-29-27-25-23-21-19-17-15-13-11-9-7-2/h8-11,14-17,20-23,26-29,32-35,38-40,42-43,45-47,50-53,84H,6-7,12-13,18-19,24-25,30-31,36-37,41,44,48-49,54-83H2,1-5H3/b10-8-,11-9-,16-14-,17-15-,22-20-,23-21-,28-26-,29-27-,34-32-,35-33-,40-38-,43-42-,46-39-,47-45-,52-50-,53-51-. The summed E-state index contributed by atoms with van der Waals surface area (Å²) < 4.78 is 34.4. The van der Waals surface area contributed by atoms with E-state index in [1.54, 1.807) is 0 Å². The molecule has 96 heavy (non-hydrogen) atoms. The predicted octanol–water partition coefficient (Wildman–Crippen LogP) is 25.0. The second kappa shape index (κ2) is 74.1. The van der Waals surface area contributed by atoms with Gasteiger partial charge in [-0.05, 0) is 141 Å². The lowest BCUT2D eigenvalue weighted by molar-refractivity contribution is -0.870. The quantitative estimate of drug-likeness (QED) is 0.0195. The lowest BCUT2D eigenvalue weighted by Crippen LogP contribution is -2.37. The first kappa shape index (κ1) is 90.8. The van der Waals surface area contributed by atoms with E-state index in [2.05, 4.69) is 208 Å². The monoisotopic (exact) mass is 1350 g/mol. The van der Waals surface area contributed by atoms with Gasteiger partial charge in [-0.1, -0.05) is 324 Å². The van der Waals surface area contributed by atoms with Gasteiger partial charge in [-0.15, -0.1) is 0 Å². The van der Waals surface area contributed by atoms with Crippen LogP contribution >= 0.6 is 7.82 Å². The Hall–Kier alpha value is -5.15. The number of allylic oxidation sites excluding steroid dienone is 32. The number of phosphoric ester groups is 1. The molecule has 0 radical (unpaired) electrons. The molecule has 0 aliphatic rings. The largest absolute Gasteiger partial charge is 0.756 e. The Kier molecular flexibility index (Phi) is 70.1. The summed E-state index contributed by atoms with van der Waals surface area (Å²) in [5.41, 5.74) is 0. The lowest BCUT2D eigenvalue weighted by Gasteiger charge is -2.28. The predicted molar refractivity (Wildman–Crippen MR) is 415 cm³/mol. The van der Waals surface area contributed by atoms with Crippen molar-refractivity contribution in [1.29, 1.82) is 0 Å². The van der Waals surface area contributed by atoms with Crippen molar-refractivity contribution in [2.75, 3.05) is 47.5 Å². The summed E-state index contributed by atoms with van der Waals surface area (Å²) in [5, 5.41) is 0. The van der Waals surface area contributed by atoms with Gasteiger partial charge in [0.05, 0.1) is 27.7 Å². The summed E-state index contributed by atoms with van der Waals surface area (Å²) in [5.74, 6) is -0.848. The van der Waals surface area contributed by atoms with Crippen LogP contribution in [0.3, 0.4) is 0 Å². The highest BCUT2D eigenvalue weighted by Crippen LogP contribution is 2.38. The maximum atomic E-state index is 12.9. The molecule has 0 aromatic carbocycles. The highest BCUT2D eigenvalue weighted by molar-refractivity contribution is 7.45. The van der Waals surface area contributed by atoms with E-state index < -0.39 is 32.5 Å². The van der Waals surface area contributed by atoms with Gasteiger partial charge in [0.2, 0.25) is 0 Å². The highest BCUT2D eigenvalue weighted by atomic mass is 31.2. The summed E-state index contributed by atoms with van der Waals surface area (Å²) in [4.78, 5) is 38.2. The third-order valence-electron chi connectivity index (χ3n) is 15.6. The van der Waals surface area contributed by atoms with Crippen LogP contribution in [0, 0.1) is 0 Å². The molecule has 2 unspecified atom stereocenters. The van der Waals surface area contributed by atoms with Gasteiger partial charge in [0, 0.05) is 12.8 Å². The first-order valence-corrected chi connectivity index (χ1v) is 39.6. The molecule has 0 amide bonds. The number of carbonyl (C=O) groups is 2. The van der Waals surface area contributed by atoms with Gasteiger partial charge in [0.15, 0.2) is 6.10 Å². The molecule has 0 aliphatic carbocycles. The van der Waals surface area contributed by atoms with E-state index in [0.29, 0.717) is 17.4 Å². The van der Waals surface area contributed by atoms with Crippen molar-refractivity contribution >= 4 is 19.8 Å². The number of rotatable bonds is 68. The number of unbranched alkanes of at least 4 members (excludes halogenated alkanes) is 22. The summed E-state index contributed by atoms with van der Waals surface area (Å²) in [6, 6.07) is 0. The topological polar surface area (TPSA) is 111 Å². The zero-order valence-corrected chi connectivity index (χ0v) is 62.6. The van der Waals surface area contributed by atoms with Gasteiger partial charge in [0.1, 0.15) is 19.8 Å². The number of esters is 2. The number of nitrogens with zero attached hydrogens (tertiary/aromatic N) is 1. The zero-order chi connectivity index (χ0) is 69.7. The van der Waals surface area contributed by atoms with Crippen LogP contribution < -0.4 is 4.89 Å². The number of quaternary nitrogens is 1. The van der Waals surface area contributed by atoms with E-state index in [0.717, 1.165) is 161 Å². The lowest BCUT2D eigenvalue weighted by atomic mass is 10.0. The van der Waals surface area contributed by atoms with Gasteiger partial charge in [-0.25, -0.2) is 0 Å². The minimum Gasteiger partial charge on any atom is -0.756 e. The summed E-state index contributed by atoms with van der Waals surface area (Å²) in [7, 11) is 1.14. The van der Waals surface area contributed by atoms with Crippen molar-refractivity contribution in [2.24, 2.45) is 0 Å². The zero-order valence-electron chi connectivity index (χ0n) is 61.7. The van der Waals surface area contributed by atoms with E-state index in [1.807, 2.05) is 21.1 Å². The third-order valence-corrected chi connectivity index (χ3v) is 16.6. The van der Waals surface area contributed by atoms with Crippen molar-refractivity contribution in [3.05, 3.63) is 194 Å². The fourth-order valence-corrected chi connectivity index (χ4v) is 10.6. The molecule has 0 aliphatic heterocycles. The molecule has 542 valence electrons. The highest BCUT2D eigenvalue weighted by Gasteiger charge is 2.22. The van der Waals surface area contributed by atoms with Crippen molar-refractivity contribution < 1.29 is 42.1 Å². The number of carbonyl (C=O) groups excluding carboxylic acids is 2. The second-order valence-corrected chi connectivity index (χ2v) is 27.3. The number of hydrogen-bond donors (Lipinski definition) is 0. The van der Waals surface area contributed by atoms with Crippen molar-refractivity contribution in [1.82, 2.24) is 0 Å². The first-order valence-electron chi connectivity index (χ1n) is 38.1. The van der Waals surface area contributed by atoms with Crippen molar-refractivity contribution in [3.63, 3.8) is 0 Å². The maximum absolute atomic E-state index is 12.9. The Balaban J connectivity index is 4.09. The van der Waals surface area contributed by atoms with Gasteiger partial charge in [0.25, 0.3) is 7.82 Å². The van der Waals surface area contributed by atoms with Crippen LogP contribution in [0.5, 0.6) is 0 Å². The Morgan fingerprint density at radius 2 is 0.562 bits per heavy atom. The maximum Gasteiger partial charge on any atom is 0.306 e. The van der Waals surface area contributed by atoms with E-state index in [1.165, 1.54) is 89.9 Å². The van der Waals surface area contributed by atoms with Gasteiger partial charge in [-0.2, -0.15) is 0 Å². The van der Waals surface area contributed by atoms with Crippen LogP contribution in [-0.2, 0) is 32.7 Å². The number of likely N-dealkylation sites (N-methyl/N-ethyl adjacent to an activating group) is 1. The fraction of sp³-hybridized carbons (Fsp3) is 0.605. The molecular formula is C86H140NO8P. The Labute approximate surface area is 590 Å². The third kappa shape index (κ3) is 77.9. The minimum absolute atomic E-state index is 0.0409. The average molecular weight is 1350 g/mol. The SMILES string of the molecule is CC/C=C\C/C=C\C/C=C\C/C=C\C/C=C\C/C=C\C/C=C\C/C=C\C/C=C\CCCCCCCCCCCCCC(=O)OC(COC(=O)CCCCCCCCCCCCC/C=C\C/C=C\C/C=C\C/C=C\C/C=C\C/C=C\C/C=C\CC)COP(=O)([O-])OCC[N+](C)(C)C. The summed E-state index contributed by atoms with van der Waals surface area (Å²) >= 11 is 0. The van der Waals surface area contributed by atoms with Crippen LogP contribution in [0.1, 0.15) is 284 Å². The van der Waals surface area contributed by atoms with Gasteiger partial charge in [-0.3, -0.25) is 14.2 Å². The second-order valence-electron chi connectivity index (χ2n) is 25.9. The van der Waals surface area contributed by atoms with Crippen LogP contribution in [-0.4, -0.2) is 70.0 Å².